The smallest absolute Gasteiger partial charge is 0.131 e. The Labute approximate surface area is 135 Å². The molecule has 0 aliphatic heterocycles. The maximum Gasteiger partial charge on any atom is 0.131 e. The summed E-state index contributed by atoms with van der Waals surface area (Å²) in [6, 6.07) is 16.2. The van der Waals surface area contributed by atoms with Crippen LogP contribution in [0.25, 0.3) is 0 Å². The highest BCUT2D eigenvalue weighted by Crippen LogP contribution is 2.26. The molecule has 0 radical (unpaired) electrons. The van der Waals surface area contributed by atoms with Crippen LogP contribution in [-0.4, -0.2) is 41.2 Å². The second-order valence-electron chi connectivity index (χ2n) is 5.07. The fraction of sp³-hybridized carbons (Fsp3) is 0.333. The largest absolute Gasteiger partial charge is 0.491 e. The van der Waals surface area contributed by atoms with Crippen LogP contribution in [0.15, 0.2) is 54.6 Å². The molecule has 0 saturated carbocycles. The summed E-state index contributed by atoms with van der Waals surface area (Å²) in [6.45, 7) is 0.0342. The molecule has 0 unspecified atom stereocenters. The van der Waals surface area contributed by atoms with Gasteiger partial charge in [-0.05, 0) is 29.8 Å². The van der Waals surface area contributed by atoms with Gasteiger partial charge in [0.2, 0.25) is 0 Å². The van der Waals surface area contributed by atoms with Crippen molar-refractivity contribution >= 4 is 0 Å². The van der Waals surface area contributed by atoms with Crippen LogP contribution in [0.3, 0.4) is 0 Å². The van der Waals surface area contributed by atoms with Crippen LogP contribution in [0.1, 0.15) is 18.1 Å². The van der Waals surface area contributed by atoms with Crippen molar-refractivity contribution < 1.29 is 24.8 Å². The van der Waals surface area contributed by atoms with Crippen molar-refractivity contribution in [3.8, 4) is 11.5 Å². The van der Waals surface area contributed by atoms with Gasteiger partial charge in [-0.15, -0.1) is 0 Å². The van der Waals surface area contributed by atoms with Crippen molar-refractivity contribution in [2.75, 3.05) is 19.8 Å². The number of benzene rings is 2. The highest BCUT2D eigenvalue weighted by molar-refractivity contribution is 5.31. The monoisotopic (exact) mass is 318 g/mol. The molecule has 2 atom stereocenters. The van der Waals surface area contributed by atoms with Gasteiger partial charge >= 0.3 is 0 Å². The predicted octanol–water partition coefficient (Wildman–Crippen LogP) is 1.92. The van der Waals surface area contributed by atoms with E-state index in [1.54, 1.807) is 36.4 Å². The zero-order valence-corrected chi connectivity index (χ0v) is 12.8. The summed E-state index contributed by atoms with van der Waals surface area (Å²) in [4.78, 5) is 0. The van der Waals surface area contributed by atoms with Gasteiger partial charge in [-0.1, -0.05) is 30.3 Å². The van der Waals surface area contributed by atoms with E-state index in [1.807, 2.05) is 18.2 Å². The lowest BCUT2D eigenvalue weighted by molar-refractivity contribution is 0.0203. The van der Waals surface area contributed by atoms with Crippen LogP contribution in [0.4, 0.5) is 0 Å². The first kappa shape index (κ1) is 17.3. The molecule has 0 saturated heterocycles. The van der Waals surface area contributed by atoms with Gasteiger partial charge in [0.1, 0.15) is 30.3 Å². The molecule has 2 aromatic rings. The van der Waals surface area contributed by atoms with Gasteiger partial charge in [-0.25, -0.2) is 0 Å². The normalized spacial score (nSPS) is 13.3. The van der Waals surface area contributed by atoms with Gasteiger partial charge in [0.25, 0.3) is 0 Å². The Bertz CT molecular complexity index is 573. The molecular formula is C18H22O5. The summed E-state index contributed by atoms with van der Waals surface area (Å²) in [5.74, 6) is 1.20. The summed E-state index contributed by atoms with van der Waals surface area (Å²) in [6.07, 6.45) is -1.17. The Morgan fingerprint density at radius 1 is 0.870 bits per heavy atom. The Hall–Kier alpha value is -2.08. The molecule has 0 aliphatic carbocycles. The molecule has 0 heterocycles. The topological polar surface area (TPSA) is 79.2 Å². The fourth-order valence-corrected chi connectivity index (χ4v) is 2.25. The van der Waals surface area contributed by atoms with Crippen LogP contribution in [0, 0.1) is 0 Å². The molecule has 3 N–H and O–H groups in total. The first-order chi connectivity index (χ1) is 11.2. The summed E-state index contributed by atoms with van der Waals surface area (Å²) < 4.78 is 11.2. The van der Waals surface area contributed by atoms with E-state index >= 15 is 0 Å². The molecule has 0 aromatic heterocycles. The number of aliphatic hydroxyl groups is 3. The van der Waals surface area contributed by atoms with Crippen LogP contribution in [0.5, 0.6) is 11.5 Å². The zero-order valence-electron chi connectivity index (χ0n) is 12.8. The molecule has 0 bridgehead atoms. The lowest BCUT2D eigenvalue weighted by Crippen LogP contribution is -2.26. The van der Waals surface area contributed by atoms with E-state index in [4.69, 9.17) is 14.6 Å². The number of rotatable bonds is 9. The molecule has 0 spiro atoms. The van der Waals surface area contributed by atoms with E-state index in [0.717, 1.165) is 0 Å². The number of hydrogen-bond acceptors (Lipinski definition) is 5. The van der Waals surface area contributed by atoms with Gasteiger partial charge in [0, 0.05) is 13.0 Å². The lowest BCUT2D eigenvalue weighted by atomic mass is 10.0. The van der Waals surface area contributed by atoms with Gasteiger partial charge < -0.3 is 24.8 Å². The minimum atomic E-state index is -0.903. The Morgan fingerprint density at radius 2 is 1.61 bits per heavy atom. The van der Waals surface area contributed by atoms with Crippen molar-refractivity contribution in [2.24, 2.45) is 0 Å². The van der Waals surface area contributed by atoms with E-state index in [0.29, 0.717) is 23.5 Å². The van der Waals surface area contributed by atoms with Crippen LogP contribution in [-0.2, 0) is 0 Å². The molecule has 0 amide bonds. The van der Waals surface area contributed by atoms with Gasteiger partial charge in [0.05, 0.1) is 6.61 Å². The second-order valence-corrected chi connectivity index (χ2v) is 5.07. The Morgan fingerprint density at radius 3 is 2.30 bits per heavy atom. The van der Waals surface area contributed by atoms with Crippen molar-refractivity contribution in [2.45, 2.75) is 18.6 Å². The van der Waals surface area contributed by atoms with E-state index in [9.17, 15) is 10.2 Å². The quantitative estimate of drug-likeness (QED) is 0.658. The number of hydrogen-bond donors (Lipinski definition) is 3. The molecule has 0 fully saturated rings. The first-order valence-corrected chi connectivity index (χ1v) is 7.59. The highest BCUT2D eigenvalue weighted by Gasteiger charge is 2.23. The van der Waals surface area contributed by atoms with Crippen molar-refractivity contribution in [3.63, 3.8) is 0 Å². The van der Waals surface area contributed by atoms with E-state index in [-0.39, 0.29) is 19.8 Å². The van der Waals surface area contributed by atoms with E-state index < -0.39 is 12.2 Å². The molecule has 124 valence electrons. The Kier molecular flexibility index (Phi) is 6.87. The molecule has 23 heavy (non-hydrogen) atoms. The minimum Gasteiger partial charge on any atom is -0.491 e. The average Bonchev–Trinajstić information content (AvgIpc) is 2.60. The van der Waals surface area contributed by atoms with Crippen molar-refractivity contribution in [1.82, 2.24) is 0 Å². The summed E-state index contributed by atoms with van der Waals surface area (Å²) >= 11 is 0. The third-order valence-corrected chi connectivity index (χ3v) is 3.36. The summed E-state index contributed by atoms with van der Waals surface area (Å²) in [5.41, 5.74) is 0.634. The highest BCUT2D eigenvalue weighted by atomic mass is 16.5. The summed E-state index contributed by atoms with van der Waals surface area (Å²) in [7, 11) is 0. The molecule has 5 nitrogen and oxygen atoms in total. The third kappa shape index (κ3) is 5.25. The maximum absolute atomic E-state index is 10.6. The third-order valence-electron chi connectivity index (χ3n) is 3.36. The van der Waals surface area contributed by atoms with Crippen LogP contribution in [0.2, 0.25) is 0 Å². The minimum absolute atomic E-state index is 0.0724. The molecule has 2 rings (SSSR count). The van der Waals surface area contributed by atoms with Gasteiger partial charge in [0.15, 0.2) is 0 Å². The molecular weight excluding hydrogens is 296 g/mol. The number of aliphatic hydroxyl groups excluding tert-OH is 3. The van der Waals surface area contributed by atoms with Gasteiger partial charge in [-0.3, -0.25) is 0 Å². The fourth-order valence-electron chi connectivity index (χ4n) is 2.25. The average molecular weight is 318 g/mol. The van der Waals surface area contributed by atoms with Crippen LogP contribution >= 0.6 is 0 Å². The van der Waals surface area contributed by atoms with E-state index in [1.165, 1.54) is 0 Å². The molecule has 5 heteroatoms. The zero-order chi connectivity index (χ0) is 16.5. The molecule has 2 aromatic carbocycles. The SMILES string of the molecule is OCCOc1cccc([C@@H](O)[C@@H](CCO)Oc2ccccc2)c1. The number of para-hydroxylation sites is 1. The van der Waals surface area contributed by atoms with Crippen molar-refractivity contribution in [1.29, 1.82) is 0 Å². The first-order valence-electron chi connectivity index (χ1n) is 7.59. The van der Waals surface area contributed by atoms with Crippen LogP contribution < -0.4 is 9.47 Å². The van der Waals surface area contributed by atoms with Crippen molar-refractivity contribution in [3.05, 3.63) is 60.2 Å². The lowest BCUT2D eigenvalue weighted by Gasteiger charge is -2.24. The molecule has 0 aliphatic rings. The van der Waals surface area contributed by atoms with Gasteiger partial charge in [-0.2, -0.15) is 0 Å². The predicted molar refractivity (Wildman–Crippen MR) is 86.5 cm³/mol. The number of ether oxygens (including phenoxy) is 2. The second kappa shape index (κ2) is 9.15. The van der Waals surface area contributed by atoms with E-state index in [2.05, 4.69) is 0 Å². The Balaban J connectivity index is 2.12. The maximum atomic E-state index is 10.6. The summed E-state index contributed by atoms with van der Waals surface area (Å²) in [5, 5.41) is 28.6. The standard InChI is InChI=1S/C18H22O5/c19-10-9-17(23-15-6-2-1-3-7-15)18(21)14-5-4-8-16(13-14)22-12-11-20/h1-8,13,17-21H,9-12H2/t17-,18-/m1/s1.